The molecule has 0 N–H and O–H groups in total. The van der Waals surface area contributed by atoms with Crippen molar-refractivity contribution < 1.29 is 4.74 Å². The summed E-state index contributed by atoms with van der Waals surface area (Å²) in [6, 6.07) is 16.3. The zero-order valence-corrected chi connectivity index (χ0v) is 11.6. The molecule has 0 unspecified atom stereocenters. The first-order valence-electron chi connectivity index (χ1n) is 6.52. The summed E-state index contributed by atoms with van der Waals surface area (Å²) in [6.07, 6.45) is 3.87. The van der Waals surface area contributed by atoms with E-state index in [1.807, 2.05) is 41.4 Å². The van der Waals surface area contributed by atoms with Crippen molar-refractivity contribution in [2.24, 2.45) is 0 Å². The monoisotopic (exact) mass is 264 g/mol. The van der Waals surface area contributed by atoms with E-state index in [1.54, 1.807) is 7.11 Å². The highest BCUT2D eigenvalue weighted by atomic mass is 16.5. The normalized spacial score (nSPS) is 10.5. The zero-order chi connectivity index (χ0) is 13.9. The summed E-state index contributed by atoms with van der Waals surface area (Å²) < 4.78 is 7.19. The lowest BCUT2D eigenvalue weighted by molar-refractivity contribution is 0.415. The molecule has 0 saturated heterocycles. The van der Waals surface area contributed by atoms with Crippen LogP contribution in [0.2, 0.25) is 0 Å². The second-order valence-corrected chi connectivity index (χ2v) is 4.73. The lowest BCUT2D eigenvalue weighted by Gasteiger charge is -2.02. The van der Waals surface area contributed by atoms with Gasteiger partial charge in [-0.2, -0.15) is 0 Å². The molecule has 20 heavy (non-hydrogen) atoms. The third-order valence-electron chi connectivity index (χ3n) is 3.30. The Kier molecular flexibility index (Phi) is 3.25. The van der Waals surface area contributed by atoms with Crippen molar-refractivity contribution >= 4 is 0 Å². The molecule has 0 aliphatic carbocycles. The molecular weight excluding hydrogens is 248 g/mol. The van der Waals surface area contributed by atoms with Crippen LogP contribution in [-0.2, 0) is 0 Å². The van der Waals surface area contributed by atoms with E-state index >= 15 is 0 Å². The average molecular weight is 264 g/mol. The Morgan fingerprint density at radius 2 is 1.65 bits per heavy atom. The minimum absolute atomic E-state index is 0.853. The Bertz CT molecular complexity index is 697. The first kappa shape index (κ1) is 12.5. The Morgan fingerprint density at radius 3 is 2.30 bits per heavy atom. The third kappa shape index (κ3) is 2.43. The third-order valence-corrected chi connectivity index (χ3v) is 3.30. The molecule has 0 radical (unpaired) electrons. The van der Waals surface area contributed by atoms with E-state index in [4.69, 9.17) is 4.74 Å². The fourth-order valence-corrected chi connectivity index (χ4v) is 2.09. The highest BCUT2D eigenvalue weighted by molar-refractivity contribution is 5.60. The number of ether oxygens (including phenoxy) is 1. The largest absolute Gasteiger partial charge is 0.497 e. The topological polar surface area (TPSA) is 27.1 Å². The van der Waals surface area contributed by atoms with E-state index in [1.165, 1.54) is 5.56 Å². The van der Waals surface area contributed by atoms with Gasteiger partial charge in [-0.15, -0.1) is 0 Å². The lowest BCUT2D eigenvalue weighted by atomic mass is 10.1. The molecule has 1 heterocycles. The molecule has 3 nitrogen and oxygen atoms in total. The molecule has 0 spiro atoms. The van der Waals surface area contributed by atoms with Gasteiger partial charge in [0.1, 0.15) is 5.75 Å². The number of nitrogens with zero attached hydrogens (tertiary/aromatic N) is 2. The molecule has 1 aromatic heterocycles. The first-order valence-corrected chi connectivity index (χ1v) is 6.52. The SMILES string of the molecule is COc1ccc(-c2cn(-c3ccc(C)cc3)cn2)cc1. The predicted octanol–water partition coefficient (Wildman–Crippen LogP) is 3.86. The lowest BCUT2D eigenvalue weighted by Crippen LogP contribution is -1.89. The summed E-state index contributed by atoms with van der Waals surface area (Å²) in [7, 11) is 1.67. The molecule has 3 heteroatoms. The van der Waals surface area contributed by atoms with Crippen LogP contribution in [0.1, 0.15) is 5.56 Å². The van der Waals surface area contributed by atoms with Gasteiger partial charge in [-0.25, -0.2) is 4.98 Å². The second kappa shape index (κ2) is 5.21. The molecule has 0 saturated carbocycles. The summed E-state index contributed by atoms with van der Waals surface area (Å²) in [6.45, 7) is 2.08. The van der Waals surface area contributed by atoms with Crippen LogP contribution in [0.5, 0.6) is 5.75 Å². The van der Waals surface area contributed by atoms with Gasteiger partial charge >= 0.3 is 0 Å². The van der Waals surface area contributed by atoms with Gasteiger partial charge in [0, 0.05) is 17.4 Å². The van der Waals surface area contributed by atoms with Crippen molar-refractivity contribution in [3.05, 3.63) is 66.6 Å². The van der Waals surface area contributed by atoms with Crippen LogP contribution in [0.3, 0.4) is 0 Å². The first-order chi connectivity index (χ1) is 9.76. The van der Waals surface area contributed by atoms with Crippen LogP contribution in [0.25, 0.3) is 16.9 Å². The van der Waals surface area contributed by atoms with E-state index in [2.05, 4.69) is 36.2 Å². The van der Waals surface area contributed by atoms with Gasteiger partial charge in [-0.1, -0.05) is 17.7 Å². The Hall–Kier alpha value is -2.55. The minimum atomic E-state index is 0.853. The van der Waals surface area contributed by atoms with E-state index in [0.29, 0.717) is 0 Å². The van der Waals surface area contributed by atoms with Crippen LogP contribution in [-0.4, -0.2) is 16.7 Å². The summed E-state index contributed by atoms with van der Waals surface area (Å²) >= 11 is 0. The van der Waals surface area contributed by atoms with Crippen LogP contribution < -0.4 is 4.74 Å². The van der Waals surface area contributed by atoms with Crippen molar-refractivity contribution in [1.29, 1.82) is 0 Å². The van der Waals surface area contributed by atoms with Gasteiger partial charge in [0.2, 0.25) is 0 Å². The number of rotatable bonds is 3. The summed E-state index contributed by atoms with van der Waals surface area (Å²) in [5.74, 6) is 0.853. The quantitative estimate of drug-likeness (QED) is 0.718. The number of imidazole rings is 1. The summed E-state index contributed by atoms with van der Waals surface area (Å²) in [5.41, 5.74) is 4.40. The van der Waals surface area contributed by atoms with Crippen LogP contribution in [0.15, 0.2) is 61.1 Å². The number of hydrogen-bond acceptors (Lipinski definition) is 2. The number of methoxy groups -OCH3 is 1. The predicted molar refractivity (Wildman–Crippen MR) is 80.3 cm³/mol. The molecule has 0 aliphatic rings. The fourth-order valence-electron chi connectivity index (χ4n) is 2.09. The van der Waals surface area contributed by atoms with Gasteiger partial charge in [0.25, 0.3) is 0 Å². The van der Waals surface area contributed by atoms with E-state index in [0.717, 1.165) is 22.7 Å². The standard InChI is InChI=1S/C17H16N2O/c1-13-3-7-15(8-4-13)19-11-17(18-12-19)14-5-9-16(20-2)10-6-14/h3-12H,1-2H3. The zero-order valence-electron chi connectivity index (χ0n) is 11.6. The minimum Gasteiger partial charge on any atom is -0.497 e. The molecule has 0 amide bonds. The van der Waals surface area contributed by atoms with Gasteiger partial charge < -0.3 is 9.30 Å². The van der Waals surface area contributed by atoms with E-state index < -0.39 is 0 Å². The molecule has 100 valence electrons. The Balaban J connectivity index is 1.91. The molecule has 0 aliphatic heterocycles. The Morgan fingerprint density at radius 1 is 0.950 bits per heavy atom. The fraction of sp³-hybridized carbons (Fsp3) is 0.118. The molecular formula is C17H16N2O. The highest BCUT2D eigenvalue weighted by Gasteiger charge is 2.03. The van der Waals surface area contributed by atoms with Crippen molar-refractivity contribution in [2.75, 3.05) is 7.11 Å². The summed E-state index contributed by atoms with van der Waals surface area (Å²) in [4.78, 5) is 4.46. The maximum atomic E-state index is 5.17. The molecule has 0 fully saturated rings. The van der Waals surface area contributed by atoms with E-state index in [9.17, 15) is 0 Å². The van der Waals surface area contributed by atoms with Gasteiger partial charge in [-0.3, -0.25) is 0 Å². The van der Waals surface area contributed by atoms with Gasteiger partial charge in [-0.05, 0) is 43.3 Å². The van der Waals surface area contributed by atoms with Crippen LogP contribution >= 0.6 is 0 Å². The van der Waals surface area contributed by atoms with Crippen molar-refractivity contribution in [3.8, 4) is 22.7 Å². The smallest absolute Gasteiger partial charge is 0.118 e. The number of hydrogen-bond donors (Lipinski definition) is 0. The molecule has 3 aromatic rings. The van der Waals surface area contributed by atoms with Crippen molar-refractivity contribution in [1.82, 2.24) is 9.55 Å². The average Bonchev–Trinajstić information content (AvgIpc) is 2.98. The maximum absolute atomic E-state index is 5.17. The maximum Gasteiger partial charge on any atom is 0.118 e. The van der Waals surface area contributed by atoms with Crippen LogP contribution in [0.4, 0.5) is 0 Å². The molecule has 0 bridgehead atoms. The van der Waals surface area contributed by atoms with Crippen molar-refractivity contribution in [2.45, 2.75) is 6.92 Å². The van der Waals surface area contributed by atoms with E-state index in [-0.39, 0.29) is 0 Å². The number of benzene rings is 2. The number of aromatic nitrogens is 2. The van der Waals surface area contributed by atoms with Crippen LogP contribution in [0, 0.1) is 6.92 Å². The molecule has 2 aromatic carbocycles. The van der Waals surface area contributed by atoms with Crippen molar-refractivity contribution in [3.63, 3.8) is 0 Å². The highest BCUT2D eigenvalue weighted by Crippen LogP contribution is 2.22. The molecule has 0 atom stereocenters. The van der Waals surface area contributed by atoms with Gasteiger partial charge in [0.05, 0.1) is 19.1 Å². The summed E-state index contributed by atoms with van der Waals surface area (Å²) in [5, 5.41) is 0. The molecule has 3 rings (SSSR count). The Labute approximate surface area is 118 Å². The second-order valence-electron chi connectivity index (χ2n) is 4.73. The van der Waals surface area contributed by atoms with Gasteiger partial charge in [0.15, 0.2) is 0 Å². The number of aryl methyl sites for hydroxylation is 1.